The standard InChI is InChI=1S/C49H53NO14/c1-27-33(62-45(58)38(55)37(30-16-10-7-11-17-30)50-43(56)31-18-12-8-13-19-31)26-49(59)42(63-44(57)32-20-14-9-15-21-32)40-47(6,34(53)22-24-48(40)25-23-35(54)64-48)41(61-29(3)52)39(60-28(2)51)36(27)46(49,4)5/h7-22,24,33-34,37-42,53,55,59H,23,25-26H2,1-6H3,(H,50,56)/t33-,34-,37-,38+,39+,40-,41-,42-,47+,48+,49+/m0/s1. The van der Waals surface area contributed by atoms with E-state index in [2.05, 4.69) is 5.32 Å². The lowest BCUT2D eigenvalue weighted by Gasteiger charge is -2.64. The van der Waals surface area contributed by atoms with Crippen molar-refractivity contribution in [2.75, 3.05) is 0 Å². The van der Waals surface area contributed by atoms with Crippen molar-refractivity contribution in [2.45, 2.75) is 115 Å². The number of carbonyl (C=O) groups excluding carboxylic acids is 6. The van der Waals surface area contributed by atoms with Crippen LogP contribution in [0.2, 0.25) is 0 Å². The zero-order valence-electron chi connectivity index (χ0n) is 36.4. The predicted molar refractivity (Wildman–Crippen MR) is 227 cm³/mol. The third kappa shape index (κ3) is 8.01. The van der Waals surface area contributed by atoms with Crippen LogP contribution in [-0.4, -0.2) is 98.9 Å². The Hall–Kier alpha value is -6.16. The Morgan fingerprint density at radius 3 is 1.94 bits per heavy atom. The molecule has 2 bridgehead atoms. The largest absolute Gasteiger partial charge is 0.458 e. The van der Waals surface area contributed by atoms with Crippen molar-refractivity contribution in [2.24, 2.45) is 16.7 Å². The molecule has 1 spiro atoms. The molecule has 4 aliphatic rings. The highest BCUT2D eigenvalue weighted by atomic mass is 16.6. The van der Waals surface area contributed by atoms with Gasteiger partial charge in [-0.1, -0.05) is 93.6 Å². The molecule has 1 aliphatic heterocycles. The van der Waals surface area contributed by atoms with Crippen LogP contribution in [0.5, 0.6) is 0 Å². The molecule has 3 aliphatic carbocycles. The van der Waals surface area contributed by atoms with Gasteiger partial charge in [0.25, 0.3) is 5.91 Å². The lowest BCUT2D eigenvalue weighted by atomic mass is 9.46. The minimum Gasteiger partial charge on any atom is -0.458 e. The fourth-order valence-electron chi connectivity index (χ4n) is 10.4. The van der Waals surface area contributed by atoms with E-state index in [9.17, 15) is 44.1 Å². The number of nitrogens with one attached hydrogen (secondary N) is 1. The summed E-state index contributed by atoms with van der Waals surface area (Å²) in [4.78, 5) is 82.0. The maximum absolute atomic E-state index is 14.4. The van der Waals surface area contributed by atoms with E-state index in [1.54, 1.807) is 99.6 Å². The van der Waals surface area contributed by atoms with Crippen LogP contribution in [0, 0.1) is 16.7 Å². The highest BCUT2D eigenvalue weighted by Crippen LogP contribution is 2.64. The molecule has 2 fully saturated rings. The lowest BCUT2D eigenvalue weighted by molar-refractivity contribution is -0.269. The van der Waals surface area contributed by atoms with Gasteiger partial charge in [-0.15, -0.1) is 0 Å². The summed E-state index contributed by atoms with van der Waals surface area (Å²) in [5, 5.41) is 40.6. The molecule has 15 heteroatoms. The topological polar surface area (TPSA) is 221 Å². The van der Waals surface area contributed by atoms with Gasteiger partial charge in [0.1, 0.15) is 23.4 Å². The van der Waals surface area contributed by atoms with Gasteiger partial charge in [-0.2, -0.15) is 0 Å². The van der Waals surface area contributed by atoms with E-state index in [0.29, 0.717) is 5.56 Å². The fraction of sp³-hybridized carbons (Fsp3) is 0.429. The molecular formula is C49H53NO14. The quantitative estimate of drug-likeness (QED) is 0.124. The Morgan fingerprint density at radius 1 is 0.797 bits per heavy atom. The van der Waals surface area contributed by atoms with E-state index in [4.69, 9.17) is 23.7 Å². The molecule has 1 heterocycles. The van der Waals surface area contributed by atoms with Crippen LogP contribution >= 0.6 is 0 Å². The van der Waals surface area contributed by atoms with Gasteiger partial charge in [0.2, 0.25) is 0 Å². The number of fused-ring (bicyclic) bond motifs is 4. The number of hydrogen-bond acceptors (Lipinski definition) is 14. The Morgan fingerprint density at radius 2 is 1.38 bits per heavy atom. The van der Waals surface area contributed by atoms with Crippen LogP contribution in [0.3, 0.4) is 0 Å². The Kier molecular flexibility index (Phi) is 12.5. The summed E-state index contributed by atoms with van der Waals surface area (Å²) in [5.41, 5.74) is -6.51. The maximum atomic E-state index is 14.4. The molecule has 3 aromatic carbocycles. The van der Waals surface area contributed by atoms with E-state index < -0.39 is 113 Å². The van der Waals surface area contributed by atoms with Gasteiger partial charge in [0.15, 0.2) is 18.3 Å². The summed E-state index contributed by atoms with van der Waals surface area (Å²) in [5.74, 6) is -6.47. The van der Waals surface area contributed by atoms with E-state index in [1.807, 2.05) is 0 Å². The second-order valence-corrected chi connectivity index (χ2v) is 17.8. The summed E-state index contributed by atoms with van der Waals surface area (Å²) in [6.45, 7) is 8.57. The van der Waals surface area contributed by atoms with Gasteiger partial charge in [-0.3, -0.25) is 19.2 Å². The summed E-state index contributed by atoms with van der Waals surface area (Å²) >= 11 is 0. The second-order valence-electron chi connectivity index (χ2n) is 17.8. The van der Waals surface area contributed by atoms with E-state index >= 15 is 0 Å². The summed E-state index contributed by atoms with van der Waals surface area (Å²) in [6.07, 6.45) is -7.84. The van der Waals surface area contributed by atoms with Gasteiger partial charge in [0, 0.05) is 49.5 Å². The molecule has 3 aromatic rings. The molecule has 1 saturated heterocycles. The Bertz CT molecular complexity index is 2370. The monoisotopic (exact) mass is 879 g/mol. The highest BCUT2D eigenvalue weighted by molar-refractivity contribution is 5.95. The first-order chi connectivity index (χ1) is 30.2. The Balaban J connectivity index is 1.42. The molecule has 0 radical (unpaired) electrons. The van der Waals surface area contributed by atoms with Gasteiger partial charge in [-0.05, 0) is 54.0 Å². The molecule has 1 saturated carbocycles. The number of aliphatic hydroxyl groups excluding tert-OH is 2. The van der Waals surface area contributed by atoms with Crippen LogP contribution in [0.25, 0.3) is 0 Å². The number of aliphatic hydroxyl groups is 3. The SMILES string of the molecule is CC(=O)O[C@@H]1C2=C(C)[C@@H](OC(=O)[C@H](O)[C@@H](NC(=O)c3ccccc3)c3ccccc3)C[C@@](O)([C@@H](OC(=O)c3ccccc3)[C@H]3[C@@](C)([C@@H](O)C=C[C@@]34CCC(=O)O4)[C@H]1OC(C)=O)C2(C)C. The molecule has 7 rings (SSSR count). The van der Waals surface area contributed by atoms with E-state index in [0.717, 1.165) is 13.8 Å². The average molecular weight is 880 g/mol. The van der Waals surface area contributed by atoms with Crippen molar-refractivity contribution >= 4 is 35.8 Å². The smallest absolute Gasteiger partial charge is 0.338 e. The summed E-state index contributed by atoms with van der Waals surface area (Å²) in [6, 6.07) is 23.1. The molecular weight excluding hydrogens is 827 g/mol. The van der Waals surface area contributed by atoms with Crippen LogP contribution in [0.4, 0.5) is 0 Å². The third-order valence-corrected chi connectivity index (χ3v) is 13.7. The molecule has 11 atom stereocenters. The maximum Gasteiger partial charge on any atom is 0.338 e. The number of carbonyl (C=O) groups is 6. The predicted octanol–water partition coefficient (Wildman–Crippen LogP) is 4.64. The number of rotatable bonds is 10. The first-order valence-electron chi connectivity index (χ1n) is 21.2. The number of amides is 1. The number of esters is 5. The van der Waals surface area contributed by atoms with Crippen molar-refractivity contribution < 1.29 is 67.8 Å². The third-order valence-electron chi connectivity index (χ3n) is 13.7. The molecule has 338 valence electrons. The van der Waals surface area contributed by atoms with Crippen LogP contribution in [-0.2, 0) is 42.9 Å². The summed E-state index contributed by atoms with van der Waals surface area (Å²) in [7, 11) is 0. The zero-order valence-corrected chi connectivity index (χ0v) is 36.4. The van der Waals surface area contributed by atoms with Crippen molar-refractivity contribution in [3.63, 3.8) is 0 Å². The van der Waals surface area contributed by atoms with E-state index in [-0.39, 0.29) is 35.1 Å². The van der Waals surface area contributed by atoms with Gasteiger partial charge < -0.3 is 44.3 Å². The normalized spacial score (nSPS) is 31.2. The van der Waals surface area contributed by atoms with Crippen LogP contribution in [0.15, 0.2) is 114 Å². The minimum atomic E-state index is -2.36. The first kappa shape index (κ1) is 45.9. The van der Waals surface area contributed by atoms with Crippen LogP contribution < -0.4 is 5.32 Å². The van der Waals surface area contributed by atoms with Crippen LogP contribution in [0.1, 0.15) is 93.1 Å². The van der Waals surface area contributed by atoms with Crippen molar-refractivity contribution in [1.29, 1.82) is 0 Å². The fourth-order valence-corrected chi connectivity index (χ4v) is 10.4. The highest BCUT2D eigenvalue weighted by Gasteiger charge is 2.74. The first-order valence-corrected chi connectivity index (χ1v) is 21.2. The molecule has 64 heavy (non-hydrogen) atoms. The van der Waals surface area contributed by atoms with Gasteiger partial charge in [-0.25, -0.2) is 9.59 Å². The Labute approximate surface area is 370 Å². The molecule has 0 unspecified atom stereocenters. The van der Waals surface area contributed by atoms with E-state index in [1.165, 1.54) is 31.2 Å². The second kappa shape index (κ2) is 17.4. The number of benzene rings is 3. The number of ether oxygens (including phenoxy) is 5. The zero-order chi connectivity index (χ0) is 46.4. The molecule has 1 amide bonds. The molecule has 4 N–H and O–H groups in total. The van der Waals surface area contributed by atoms with Gasteiger partial charge in [0.05, 0.1) is 23.6 Å². The number of hydrogen-bond donors (Lipinski definition) is 4. The average Bonchev–Trinajstić information content (AvgIpc) is 3.64. The molecule has 15 nitrogen and oxygen atoms in total. The molecule has 0 aromatic heterocycles. The van der Waals surface area contributed by atoms with Crippen molar-refractivity contribution in [3.05, 3.63) is 131 Å². The minimum absolute atomic E-state index is 0.0157. The summed E-state index contributed by atoms with van der Waals surface area (Å²) < 4.78 is 31.0. The van der Waals surface area contributed by atoms with Crippen molar-refractivity contribution in [3.8, 4) is 0 Å². The van der Waals surface area contributed by atoms with Gasteiger partial charge >= 0.3 is 29.8 Å². The lowest BCUT2D eigenvalue weighted by Crippen LogP contribution is -2.75. The van der Waals surface area contributed by atoms with Crippen molar-refractivity contribution in [1.82, 2.24) is 5.32 Å².